The number of hydrogen-bond acceptors (Lipinski definition) is 3. The summed E-state index contributed by atoms with van der Waals surface area (Å²) >= 11 is 5.60. The Morgan fingerprint density at radius 1 is 1.21 bits per heavy atom. The van der Waals surface area contributed by atoms with E-state index in [1.54, 1.807) is 17.0 Å². The molecule has 3 N–H and O–H groups in total. The summed E-state index contributed by atoms with van der Waals surface area (Å²) in [6.07, 6.45) is 1.77. The predicted octanol–water partition coefficient (Wildman–Crippen LogP) is 3.35. The van der Waals surface area contributed by atoms with Crippen LogP contribution >= 0.6 is 12.2 Å². The number of para-hydroxylation sites is 1. The summed E-state index contributed by atoms with van der Waals surface area (Å²) in [6.45, 7) is 0. The number of carboxylic acid groups (broad SMARTS) is 1. The normalized spacial score (nSPS) is 18.4. The van der Waals surface area contributed by atoms with Gasteiger partial charge in [-0.15, -0.1) is 0 Å². The molecule has 0 unspecified atom stereocenters. The Balaban J connectivity index is 1.79. The number of nitrogens with one attached hydrogen (secondary N) is 2. The highest BCUT2D eigenvalue weighted by Gasteiger charge is 2.42. The molecule has 0 bridgehead atoms. The van der Waals surface area contributed by atoms with Crippen LogP contribution in [0.15, 0.2) is 60.9 Å². The van der Waals surface area contributed by atoms with Crippen molar-refractivity contribution in [2.45, 2.75) is 18.5 Å². The molecule has 2 aromatic carbocycles. The van der Waals surface area contributed by atoms with Gasteiger partial charge < -0.3 is 20.3 Å². The molecular formula is C20H17FN4O2S. The van der Waals surface area contributed by atoms with Crippen molar-refractivity contribution in [3.8, 4) is 0 Å². The SMILES string of the molecule is O=C(O)[C@H]1Cc2[nH]cnc2[C@H](c2ccc(F)cc2)N1C(=S)Nc1ccccc1. The molecule has 3 aromatic rings. The van der Waals surface area contributed by atoms with E-state index in [9.17, 15) is 14.3 Å². The smallest absolute Gasteiger partial charge is 0.326 e. The molecular weight excluding hydrogens is 379 g/mol. The van der Waals surface area contributed by atoms with E-state index in [1.165, 1.54) is 18.5 Å². The van der Waals surface area contributed by atoms with Gasteiger partial charge in [0, 0.05) is 17.8 Å². The van der Waals surface area contributed by atoms with Crippen molar-refractivity contribution in [3.63, 3.8) is 0 Å². The zero-order chi connectivity index (χ0) is 19.7. The fourth-order valence-corrected chi connectivity index (χ4v) is 3.82. The lowest BCUT2D eigenvalue weighted by molar-refractivity contribution is -0.142. The molecule has 1 aliphatic heterocycles. The first-order valence-electron chi connectivity index (χ1n) is 8.69. The maximum Gasteiger partial charge on any atom is 0.326 e. The van der Waals surface area contributed by atoms with Gasteiger partial charge in [0.05, 0.1) is 12.0 Å². The Hall–Kier alpha value is -3.26. The number of aliphatic carboxylic acids is 1. The van der Waals surface area contributed by atoms with Crippen LogP contribution in [-0.2, 0) is 11.2 Å². The number of aromatic amines is 1. The molecule has 1 aromatic heterocycles. The van der Waals surface area contributed by atoms with Gasteiger partial charge in [-0.3, -0.25) is 0 Å². The number of thiocarbonyl (C=S) groups is 1. The lowest BCUT2D eigenvalue weighted by atomic mass is 9.91. The number of hydrogen-bond donors (Lipinski definition) is 3. The van der Waals surface area contributed by atoms with Crippen molar-refractivity contribution >= 4 is 29.0 Å². The first-order valence-corrected chi connectivity index (χ1v) is 9.10. The van der Waals surface area contributed by atoms with E-state index >= 15 is 0 Å². The Labute approximate surface area is 166 Å². The number of benzene rings is 2. The minimum absolute atomic E-state index is 0.235. The highest BCUT2D eigenvalue weighted by Crippen LogP contribution is 2.37. The first kappa shape index (κ1) is 18.1. The molecule has 0 aliphatic carbocycles. The minimum Gasteiger partial charge on any atom is -0.480 e. The number of imidazole rings is 1. The molecule has 142 valence electrons. The molecule has 0 spiro atoms. The van der Waals surface area contributed by atoms with E-state index in [1.807, 2.05) is 30.3 Å². The fraction of sp³-hybridized carbons (Fsp3) is 0.150. The highest BCUT2D eigenvalue weighted by molar-refractivity contribution is 7.80. The van der Waals surface area contributed by atoms with E-state index in [0.717, 1.165) is 11.4 Å². The number of carbonyl (C=O) groups is 1. The summed E-state index contributed by atoms with van der Waals surface area (Å²) in [5.74, 6) is -1.36. The second kappa shape index (κ2) is 7.40. The van der Waals surface area contributed by atoms with Crippen molar-refractivity contribution in [1.82, 2.24) is 14.9 Å². The number of rotatable bonds is 3. The molecule has 4 rings (SSSR count). The van der Waals surface area contributed by atoms with Crippen molar-refractivity contribution in [2.24, 2.45) is 0 Å². The van der Waals surface area contributed by atoms with E-state index in [0.29, 0.717) is 11.3 Å². The number of aromatic nitrogens is 2. The van der Waals surface area contributed by atoms with Crippen LogP contribution in [0.25, 0.3) is 0 Å². The minimum atomic E-state index is -0.996. The van der Waals surface area contributed by atoms with Crippen LogP contribution in [-0.4, -0.2) is 37.1 Å². The van der Waals surface area contributed by atoms with Crippen LogP contribution < -0.4 is 5.32 Å². The summed E-state index contributed by atoms with van der Waals surface area (Å²) < 4.78 is 13.5. The summed E-state index contributed by atoms with van der Waals surface area (Å²) in [5.41, 5.74) is 2.88. The number of anilines is 1. The second-order valence-electron chi connectivity index (χ2n) is 6.48. The summed E-state index contributed by atoms with van der Waals surface area (Å²) in [4.78, 5) is 21.1. The van der Waals surface area contributed by atoms with Crippen molar-refractivity contribution in [1.29, 1.82) is 0 Å². The molecule has 0 radical (unpaired) electrons. The maximum absolute atomic E-state index is 13.5. The van der Waals surface area contributed by atoms with Gasteiger partial charge in [-0.1, -0.05) is 30.3 Å². The maximum atomic E-state index is 13.5. The summed E-state index contributed by atoms with van der Waals surface area (Å²) in [7, 11) is 0. The Kier molecular flexibility index (Phi) is 4.79. The predicted molar refractivity (Wildman–Crippen MR) is 106 cm³/mol. The molecule has 2 heterocycles. The van der Waals surface area contributed by atoms with Crippen molar-refractivity contribution in [3.05, 3.63) is 83.7 Å². The fourth-order valence-electron chi connectivity index (χ4n) is 3.47. The van der Waals surface area contributed by atoms with Crippen LogP contribution in [0.5, 0.6) is 0 Å². The van der Waals surface area contributed by atoms with Gasteiger partial charge in [0.15, 0.2) is 5.11 Å². The Morgan fingerprint density at radius 2 is 1.93 bits per heavy atom. The van der Waals surface area contributed by atoms with Gasteiger partial charge in [0.1, 0.15) is 17.9 Å². The summed E-state index contributed by atoms with van der Waals surface area (Å²) in [5, 5.41) is 13.3. The molecule has 6 nitrogen and oxygen atoms in total. The number of fused-ring (bicyclic) bond motifs is 1. The molecule has 0 amide bonds. The van der Waals surface area contributed by atoms with E-state index in [2.05, 4.69) is 15.3 Å². The zero-order valence-electron chi connectivity index (χ0n) is 14.7. The van der Waals surface area contributed by atoms with Crippen LogP contribution in [0.2, 0.25) is 0 Å². The van der Waals surface area contributed by atoms with E-state index in [-0.39, 0.29) is 17.4 Å². The third-order valence-electron chi connectivity index (χ3n) is 4.75. The molecule has 28 heavy (non-hydrogen) atoms. The Bertz CT molecular complexity index is 1010. The molecule has 8 heteroatoms. The van der Waals surface area contributed by atoms with Crippen molar-refractivity contribution < 1.29 is 14.3 Å². The molecule has 0 saturated carbocycles. The van der Waals surface area contributed by atoms with Gasteiger partial charge in [-0.05, 0) is 42.0 Å². The Morgan fingerprint density at radius 3 is 2.61 bits per heavy atom. The van der Waals surface area contributed by atoms with Crippen LogP contribution in [0, 0.1) is 5.82 Å². The third-order valence-corrected chi connectivity index (χ3v) is 5.07. The lowest BCUT2D eigenvalue weighted by Crippen LogP contribution is -2.53. The number of H-pyrrole nitrogens is 1. The average Bonchev–Trinajstić information content (AvgIpc) is 3.16. The van der Waals surface area contributed by atoms with Gasteiger partial charge >= 0.3 is 5.97 Å². The van der Waals surface area contributed by atoms with E-state index in [4.69, 9.17) is 12.2 Å². The van der Waals surface area contributed by atoms with E-state index < -0.39 is 18.1 Å². The number of nitrogens with zero attached hydrogens (tertiary/aromatic N) is 2. The van der Waals surface area contributed by atoms with Crippen LogP contribution in [0.1, 0.15) is 23.0 Å². The standard InChI is InChI=1S/C20H17FN4O2S/c21-13-8-6-12(7-9-13)18-17-15(22-11-23-17)10-16(19(26)27)25(18)20(28)24-14-4-2-1-3-5-14/h1-9,11,16,18H,10H2,(H,22,23)(H,24,28)(H,26,27)/t16-,18+/m1/s1. The van der Waals surface area contributed by atoms with Gasteiger partial charge in [0.2, 0.25) is 0 Å². The number of halogens is 1. The quantitative estimate of drug-likeness (QED) is 0.589. The molecule has 1 aliphatic rings. The topological polar surface area (TPSA) is 81.2 Å². The monoisotopic (exact) mass is 396 g/mol. The molecule has 0 fully saturated rings. The van der Waals surface area contributed by atoms with Crippen molar-refractivity contribution in [2.75, 3.05) is 5.32 Å². The largest absolute Gasteiger partial charge is 0.480 e. The van der Waals surface area contributed by atoms with Gasteiger partial charge in [-0.2, -0.15) is 0 Å². The average molecular weight is 396 g/mol. The number of carboxylic acids is 1. The molecule has 0 saturated heterocycles. The molecule has 2 atom stereocenters. The van der Waals surface area contributed by atoms with Gasteiger partial charge in [-0.25, -0.2) is 14.2 Å². The van der Waals surface area contributed by atoms with Gasteiger partial charge in [0.25, 0.3) is 0 Å². The van der Waals surface area contributed by atoms with Crippen LogP contribution in [0.3, 0.4) is 0 Å². The zero-order valence-corrected chi connectivity index (χ0v) is 15.5. The second-order valence-corrected chi connectivity index (χ2v) is 6.87. The highest BCUT2D eigenvalue weighted by atomic mass is 32.1. The first-order chi connectivity index (χ1) is 13.5. The summed E-state index contributed by atoms with van der Waals surface area (Å²) in [6, 6.07) is 13.8. The third kappa shape index (κ3) is 3.34. The lowest BCUT2D eigenvalue weighted by Gasteiger charge is -2.41. The van der Waals surface area contributed by atoms with Crippen LogP contribution in [0.4, 0.5) is 10.1 Å².